The normalized spacial score (nSPS) is 19.2. The number of carbonyl (C=O) groups is 2. The highest BCUT2D eigenvalue weighted by Crippen LogP contribution is 2.33. The van der Waals surface area contributed by atoms with Gasteiger partial charge in [-0.1, -0.05) is 12.8 Å². The first-order valence-corrected chi connectivity index (χ1v) is 9.78. The molecule has 2 aliphatic rings. The van der Waals surface area contributed by atoms with Gasteiger partial charge in [-0.2, -0.15) is 0 Å². The second kappa shape index (κ2) is 7.82. The van der Waals surface area contributed by atoms with Crippen LogP contribution in [0.4, 0.5) is 4.79 Å². The molecule has 0 bridgehead atoms. The molecule has 2 heterocycles. The summed E-state index contributed by atoms with van der Waals surface area (Å²) in [6.07, 6.45) is 5.04. The van der Waals surface area contributed by atoms with E-state index in [0.29, 0.717) is 25.7 Å². The molecule has 1 aromatic rings. The molecule has 0 atom stereocenters. The van der Waals surface area contributed by atoms with Crippen LogP contribution >= 0.6 is 0 Å². The van der Waals surface area contributed by atoms with Crippen LogP contribution < -0.4 is 0 Å². The van der Waals surface area contributed by atoms with Crippen LogP contribution in [-0.2, 0) is 0 Å². The monoisotopic (exact) mass is 360 g/mol. The minimum absolute atomic E-state index is 0.0519. The molecule has 26 heavy (non-hydrogen) atoms. The largest absolute Gasteiger partial charge is 0.345 e. The molecule has 2 fully saturated rings. The maximum Gasteiger partial charge on any atom is 0.319 e. The summed E-state index contributed by atoms with van der Waals surface area (Å²) < 4.78 is 2.38. The second-order valence-electron chi connectivity index (χ2n) is 7.96. The van der Waals surface area contributed by atoms with Gasteiger partial charge in [-0.25, -0.2) is 4.79 Å². The lowest BCUT2D eigenvalue weighted by Gasteiger charge is -2.35. The number of piperazine rings is 1. The standard InChI is InChI=1S/C20H32N4O2/c1-15-13-18(16(2)24(15)17-7-5-6-8-17)19(25)14-22-9-11-23(12-10-22)20(26)21(3)4/h13,17H,5-12,14H2,1-4H3. The average Bonchev–Trinajstić information content (AvgIpc) is 3.22. The zero-order chi connectivity index (χ0) is 18.8. The van der Waals surface area contributed by atoms with E-state index in [1.54, 1.807) is 19.0 Å². The molecule has 1 saturated carbocycles. The number of amides is 2. The molecular formula is C20H32N4O2. The van der Waals surface area contributed by atoms with Crippen LogP contribution in [0.5, 0.6) is 0 Å². The molecule has 0 N–H and O–H groups in total. The molecule has 1 saturated heterocycles. The molecule has 1 aliphatic carbocycles. The summed E-state index contributed by atoms with van der Waals surface area (Å²) in [4.78, 5) is 30.6. The van der Waals surface area contributed by atoms with E-state index in [1.807, 2.05) is 4.90 Å². The highest BCUT2D eigenvalue weighted by atomic mass is 16.2. The number of Topliss-reactive ketones (excluding diaryl/α,β-unsaturated/α-hetero) is 1. The number of urea groups is 1. The zero-order valence-electron chi connectivity index (χ0n) is 16.6. The van der Waals surface area contributed by atoms with Crippen LogP contribution in [0.25, 0.3) is 0 Å². The van der Waals surface area contributed by atoms with E-state index < -0.39 is 0 Å². The number of ketones is 1. The number of hydrogen-bond acceptors (Lipinski definition) is 3. The molecule has 0 radical (unpaired) electrons. The third kappa shape index (κ3) is 3.80. The first kappa shape index (κ1) is 19.0. The van der Waals surface area contributed by atoms with Gasteiger partial charge in [0.05, 0.1) is 6.54 Å². The Morgan fingerprint density at radius 2 is 1.69 bits per heavy atom. The molecule has 144 valence electrons. The van der Waals surface area contributed by atoms with E-state index in [9.17, 15) is 9.59 Å². The third-order valence-electron chi connectivity index (χ3n) is 5.87. The van der Waals surface area contributed by atoms with Crippen molar-refractivity contribution in [1.82, 2.24) is 19.3 Å². The summed E-state index contributed by atoms with van der Waals surface area (Å²) in [6, 6.07) is 2.69. The maximum atomic E-state index is 12.9. The van der Waals surface area contributed by atoms with Gasteiger partial charge in [0.1, 0.15) is 0 Å². The quantitative estimate of drug-likeness (QED) is 0.776. The van der Waals surface area contributed by atoms with Crippen molar-refractivity contribution in [2.45, 2.75) is 45.6 Å². The second-order valence-corrected chi connectivity index (χ2v) is 7.96. The summed E-state index contributed by atoms with van der Waals surface area (Å²) in [5.74, 6) is 0.203. The van der Waals surface area contributed by atoms with Crippen LogP contribution in [0.2, 0.25) is 0 Å². The summed E-state index contributed by atoms with van der Waals surface area (Å²) in [5.41, 5.74) is 3.21. The molecule has 1 aromatic heterocycles. The van der Waals surface area contributed by atoms with Gasteiger partial charge in [0.15, 0.2) is 5.78 Å². The number of carbonyl (C=O) groups excluding carboxylic acids is 2. The fourth-order valence-corrected chi connectivity index (χ4v) is 4.45. The van der Waals surface area contributed by atoms with E-state index in [1.165, 1.54) is 31.4 Å². The number of aromatic nitrogens is 1. The molecule has 6 heteroatoms. The Kier molecular flexibility index (Phi) is 5.70. The van der Waals surface area contributed by atoms with E-state index in [2.05, 4.69) is 29.4 Å². The van der Waals surface area contributed by atoms with Crippen molar-refractivity contribution in [3.05, 3.63) is 23.0 Å². The lowest BCUT2D eigenvalue weighted by atomic mass is 10.1. The molecule has 0 spiro atoms. The maximum absolute atomic E-state index is 12.9. The molecule has 6 nitrogen and oxygen atoms in total. The van der Waals surface area contributed by atoms with E-state index in [4.69, 9.17) is 0 Å². The number of nitrogens with zero attached hydrogens (tertiary/aromatic N) is 4. The van der Waals surface area contributed by atoms with Gasteiger partial charge in [0, 0.05) is 63.3 Å². The highest BCUT2D eigenvalue weighted by molar-refractivity contribution is 5.99. The van der Waals surface area contributed by atoms with Gasteiger partial charge in [-0.3, -0.25) is 9.69 Å². The average molecular weight is 361 g/mol. The lowest BCUT2D eigenvalue weighted by molar-refractivity contribution is 0.0862. The first-order chi connectivity index (χ1) is 12.4. The minimum atomic E-state index is 0.0519. The molecular weight excluding hydrogens is 328 g/mol. The number of hydrogen-bond donors (Lipinski definition) is 0. The Bertz CT molecular complexity index is 666. The molecule has 1 aliphatic heterocycles. The Morgan fingerprint density at radius 3 is 2.27 bits per heavy atom. The Balaban J connectivity index is 1.61. The van der Waals surface area contributed by atoms with E-state index >= 15 is 0 Å². The smallest absolute Gasteiger partial charge is 0.319 e. The van der Waals surface area contributed by atoms with Crippen molar-refractivity contribution < 1.29 is 9.59 Å². The van der Waals surface area contributed by atoms with Gasteiger partial charge in [0.25, 0.3) is 0 Å². The molecule has 2 amide bonds. The van der Waals surface area contributed by atoms with Crippen LogP contribution in [0.3, 0.4) is 0 Å². The Hall–Kier alpha value is -1.82. The van der Waals surface area contributed by atoms with Crippen LogP contribution in [0, 0.1) is 13.8 Å². The fourth-order valence-electron chi connectivity index (χ4n) is 4.45. The topological polar surface area (TPSA) is 48.8 Å². The van der Waals surface area contributed by atoms with Crippen LogP contribution in [-0.4, -0.2) is 77.9 Å². The van der Waals surface area contributed by atoms with Crippen LogP contribution in [0.1, 0.15) is 53.5 Å². The van der Waals surface area contributed by atoms with E-state index in [0.717, 1.165) is 24.3 Å². The van der Waals surface area contributed by atoms with Crippen molar-refractivity contribution in [2.75, 3.05) is 46.8 Å². The lowest BCUT2D eigenvalue weighted by Crippen LogP contribution is -2.52. The first-order valence-electron chi connectivity index (χ1n) is 9.78. The van der Waals surface area contributed by atoms with Crippen molar-refractivity contribution >= 4 is 11.8 Å². The Labute approximate surface area is 156 Å². The SMILES string of the molecule is Cc1cc(C(=O)CN2CCN(C(=O)N(C)C)CC2)c(C)n1C1CCCC1. The number of rotatable bonds is 4. The summed E-state index contributed by atoms with van der Waals surface area (Å²) in [7, 11) is 3.55. The van der Waals surface area contributed by atoms with Crippen LogP contribution in [0.15, 0.2) is 6.07 Å². The Morgan fingerprint density at radius 1 is 1.08 bits per heavy atom. The summed E-state index contributed by atoms with van der Waals surface area (Å²) in [5, 5.41) is 0. The summed E-state index contributed by atoms with van der Waals surface area (Å²) >= 11 is 0. The van der Waals surface area contributed by atoms with Gasteiger partial charge >= 0.3 is 6.03 Å². The molecule has 0 aromatic carbocycles. The van der Waals surface area contributed by atoms with E-state index in [-0.39, 0.29) is 11.8 Å². The predicted octanol–water partition coefficient (Wildman–Crippen LogP) is 2.70. The van der Waals surface area contributed by atoms with Gasteiger partial charge in [-0.15, -0.1) is 0 Å². The fraction of sp³-hybridized carbons (Fsp3) is 0.700. The minimum Gasteiger partial charge on any atom is -0.345 e. The van der Waals surface area contributed by atoms with Gasteiger partial charge < -0.3 is 14.4 Å². The van der Waals surface area contributed by atoms with Crippen molar-refractivity contribution in [1.29, 1.82) is 0 Å². The van der Waals surface area contributed by atoms with Crippen molar-refractivity contribution in [3.63, 3.8) is 0 Å². The summed E-state index contributed by atoms with van der Waals surface area (Å²) in [6.45, 7) is 7.54. The van der Waals surface area contributed by atoms with Gasteiger partial charge in [-0.05, 0) is 32.8 Å². The van der Waals surface area contributed by atoms with Gasteiger partial charge in [0.2, 0.25) is 0 Å². The molecule has 0 unspecified atom stereocenters. The highest BCUT2D eigenvalue weighted by Gasteiger charge is 2.26. The zero-order valence-corrected chi connectivity index (χ0v) is 16.6. The third-order valence-corrected chi connectivity index (χ3v) is 5.87. The predicted molar refractivity (Wildman–Crippen MR) is 103 cm³/mol. The van der Waals surface area contributed by atoms with Crippen molar-refractivity contribution in [3.8, 4) is 0 Å². The molecule has 3 rings (SSSR count). The number of aryl methyl sites for hydroxylation is 1. The van der Waals surface area contributed by atoms with Crippen molar-refractivity contribution in [2.24, 2.45) is 0 Å².